The van der Waals surface area contributed by atoms with Crippen LogP contribution in [0.2, 0.25) is 0 Å². The lowest BCUT2D eigenvalue weighted by molar-refractivity contribution is 0.642. The Bertz CT molecular complexity index is 2000. The lowest BCUT2D eigenvalue weighted by Crippen LogP contribution is -2.26. The second kappa shape index (κ2) is 12.8. The molecule has 8 rings (SSSR count). The summed E-state index contributed by atoms with van der Waals surface area (Å²) < 4.78 is 0. The summed E-state index contributed by atoms with van der Waals surface area (Å²) in [6.07, 6.45) is 8.47. The zero-order chi connectivity index (χ0) is 31.6. The summed E-state index contributed by atoms with van der Waals surface area (Å²) in [5.74, 6) is 0.570. The number of fused-ring (bicyclic) bond motifs is 3. The van der Waals surface area contributed by atoms with Crippen LogP contribution in [0.3, 0.4) is 0 Å². The van der Waals surface area contributed by atoms with Crippen LogP contribution in [0.5, 0.6) is 0 Å². The summed E-state index contributed by atoms with van der Waals surface area (Å²) in [6.45, 7) is 2.14. The highest BCUT2D eigenvalue weighted by Gasteiger charge is 2.42. The minimum Gasteiger partial charge on any atom is -0.338 e. The Morgan fingerprint density at radius 2 is 1.04 bits per heavy atom. The van der Waals surface area contributed by atoms with Crippen LogP contribution in [0.15, 0.2) is 158 Å². The van der Waals surface area contributed by atoms with E-state index in [1.54, 1.807) is 0 Å². The van der Waals surface area contributed by atoms with Crippen molar-refractivity contribution in [2.45, 2.75) is 38.1 Å². The molecule has 0 spiro atoms. The average Bonchev–Trinajstić information content (AvgIpc) is 3.73. The average molecular weight is 606 g/mol. The molecule has 1 heteroatoms. The van der Waals surface area contributed by atoms with Crippen LogP contribution in [0.4, 0.5) is 11.4 Å². The summed E-state index contributed by atoms with van der Waals surface area (Å²) in [5, 5.41) is 0. The van der Waals surface area contributed by atoms with Gasteiger partial charge in [0, 0.05) is 23.3 Å². The van der Waals surface area contributed by atoms with Crippen LogP contribution in [0.1, 0.15) is 69.7 Å². The molecule has 1 fully saturated rings. The van der Waals surface area contributed by atoms with E-state index in [0.29, 0.717) is 12.0 Å². The van der Waals surface area contributed by atoms with Gasteiger partial charge in [-0.25, -0.2) is 0 Å². The zero-order valence-electron chi connectivity index (χ0n) is 26.9. The SMILES string of the molecule is Cc1ccc(C(=Cc2ccc(N3c4ccc(C=C(c5ccccc5)c5ccccc5)cc4C4CCCC43)cc2)c2ccccc2)cc1. The maximum Gasteiger partial charge on any atom is 0.0450 e. The quantitative estimate of drug-likeness (QED) is 0.164. The van der Waals surface area contributed by atoms with Crippen molar-refractivity contribution < 1.29 is 0 Å². The van der Waals surface area contributed by atoms with Crippen molar-refractivity contribution in [2.24, 2.45) is 0 Å². The Morgan fingerprint density at radius 3 is 1.62 bits per heavy atom. The van der Waals surface area contributed by atoms with Crippen molar-refractivity contribution in [3.8, 4) is 0 Å². The number of hydrogen-bond donors (Lipinski definition) is 0. The van der Waals surface area contributed by atoms with Crippen LogP contribution in [-0.2, 0) is 0 Å². The molecule has 0 radical (unpaired) electrons. The molecular formula is C46H39N. The number of nitrogens with zero attached hydrogens (tertiary/aromatic N) is 1. The van der Waals surface area contributed by atoms with Gasteiger partial charge in [0.25, 0.3) is 0 Å². The van der Waals surface area contributed by atoms with E-state index >= 15 is 0 Å². The zero-order valence-corrected chi connectivity index (χ0v) is 26.9. The van der Waals surface area contributed by atoms with Crippen LogP contribution in [0.25, 0.3) is 23.3 Å². The number of benzene rings is 6. The van der Waals surface area contributed by atoms with Gasteiger partial charge < -0.3 is 4.90 Å². The minimum atomic E-state index is 0.515. The monoisotopic (exact) mass is 605 g/mol. The van der Waals surface area contributed by atoms with Gasteiger partial charge in [-0.05, 0) is 106 Å². The molecule has 228 valence electrons. The minimum absolute atomic E-state index is 0.515. The molecule has 2 atom stereocenters. The van der Waals surface area contributed by atoms with Gasteiger partial charge in [0.1, 0.15) is 0 Å². The van der Waals surface area contributed by atoms with Gasteiger partial charge in [-0.1, -0.05) is 145 Å². The summed E-state index contributed by atoms with van der Waals surface area (Å²) >= 11 is 0. The Morgan fingerprint density at radius 1 is 0.532 bits per heavy atom. The summed E-state index contributed by atoms with van der Waals surface area (Å²) in [4.78, 5) is 2.63. The van der Waals surface area contributed by atoms with Crippen molar-refractivity contribution >= 4 is 34.7 Å². The maximum atomic E-state index is 2.63. The molecule has 0 aromatic heterocycles. The molecule has 0 N–H and O–H groups in total. The Balaban J connectivity index is 1.14. The topological polar surface area (TPSA) is 3.24 Å². The maximum absolute atomic E-state index is 2.63. The van der Waals surface area contributed by atoms with Gasteiger partial charge in [0.05, 0.1) is 0 Å². The van der Waals surface area contributed by atoms with E-state index in [1.165, 1.54) is 86.3 Å². The number of hydrogen-bond acceptors (Lipinski definition) is 1. The second-order valence-electron chi connectivity index (χ2n) is 13.0. The van der Waals surface area contributed by atoms with Crippen molar-refractivity contribution in [1.29, 1.82) is 0 Å². The second-order valence-corrected chi connectivity index (χ2v) is 13.0. The molecule has 1 heterocycles. The van der Waals surface area contributed by atoms with E-state index in [2.05, 4.69) is 182 Å². The third-order valence-electron chi connectivity index (χ3n) is 9.93. The predicted molar refractivity (Wildman–Crippen MR) is 200 cm³/mol. The summed E-state index contributed by atoms with van der Waals surface area (Å²) in [7, 11) is 0. The Labute approximate surface area is 279 Å². The molecule has 0 saturated heterocycles. The van der Waals surface area contributed by atoms with E-state index in [-0.39, 0.29) is 0 Å². The van der Waals surface area contributed by atoms with E-state index in [0.717, 1.165) is 0 Å². The van der Waals surface area contributed by atoms with Crippen LogP contribution in [0, 0.1) is 6.92 Å². The fraction of sp³-hybridized carbons (Fsp3) is 0.130. The van der Waals surface area contributed by atoms with Crippen molar-refractivity contribution in [1.82, 2.24) is 0 Å². The highest BCUT2D eigenvalue weighted by molar-refractivity contribution is 5.93. The molecule has 0 amide bonds. The molecule has 1 nitrogen and oxygen atoms in total. The van der Waals surface area contributed by atoms with Gasteiger partial charge in [0.15, 0.2) is 0 Å². The Kier molecular flexibility index (Phi) is 7.89. The summed E-state index contributed by atoms with van der Waals surface area (Å²) in [5.41, 5.74) is 15.4. The third kappa shape index (κ3) is 5.86. The molecule has 6 aromatic rings. The predicted octanol–water partition coefficient (Wildman–Crippen LogP) is 12.0. The lowest BCUT2D eigenvalue weighted by atomic mass is 9.93. The molecule has 0 bridgehead atoms. The van der Waals surface area contributed by atoms with Gasteiger partial charge in [-0.2, -0.15) is 0 Å². The first-order valence-corrected chi connectivity index (χ1v) is 16.9. The van der Waals surface area contributed by atoms with E-state index < -0.39 is 0 Å². The first kappa shape index (κ1) is 29.0. The molecule has 1 saturated carbocycles. The van der Waals surface area contributed by atoms with E-state index in [4.69, 9.17) is 0 Å². The number of rotatable bonds is 7. The van der Waals surface area contributed by atoms with Crippen molar-refractivity contribution in [2.75, 3.05) is 4.90 Å². The molecule has 1 aliphatic carbocycles. The Hall–Kier alpha value is -5.40. The first-order valence-electron chi connectivity index (χ1n) is 16.9. The van der Waals surface area contributed by atoms with Crippen LogP contribution >= 0.6 is 0 Å². The van der Waals surface area contributed by atoms with Gasteiger partial charge in [0.2, 0.25) is 0 Å². The van der Waals surface area contributed by atoms with Crippen LogP contribution in [-0.4, -0.2) is 6.04 Å². The molecule has 2 aliphatic rings. The van der Waals surface area contributed by atoms with Gasteiger partial charge in [-0.15, -0.1) is 0 Å². The standard InChI is InChI=1S/C46H39N/c1-33-20-25-39(26-21-33)42(36-12-5-2-6-13-36)30-34-22-27-40(28-23-34)47-45-19-11-18-41(45)44-32-35(24-29-46(44)47)31-43(37-14-7-3-8-15-37)38-16-9-4-10-17-38/h2-10,12-17,20-32,41,45H,11,18-19H2,1H3. The number of anilines is 2. The molecule has 2 unspecified atom stereocenters. The van der Waals surface area contributed by atoms with E-state index in [9.17, 15) is 0 Å². The molecule has 6 aromatic carbocycles. The van der Waals surface area contributed by atoms with Crippen LogP contribution < -0.4 is 4.90 Å². The normalized spacial score (nSPS) is 16.9. The van der Waals surface area contributed by atoms with Crippen molar-refractivity contribution in [3.63, 3.8) is 0 Å². The largest absolute Gasteiger partial charge is 0.338 e. The highest BCUT2D eigenvalue weighted by atomic mass is 15.2. The summed E-state index contributed by atoms with van der Waals surface area (Å²) in [6, 6.07) is 58.0. The fourth-order valence-electron chi connectivity index (χ4n) is 7.62. The lowest BCUT2D eigenvalue weighted by Gasteiger charge is -2.27. The van der Waals surface area contributed by atoms with Crippen molar-refractivity contribution in [3.05, 3.63) is 202 Å². The third-order valence-corrected chi connectivity index (χ3v) is 9.93. The highest BCUT2D eigenvalue weighted by Crippen LogP contribution is 2.52. The number of aryl methyl sites for hydroxylation is 1. The molecule has 1 aliphatic heterocycles. The molecule has 47 heavy (non-hydrogen) atoms. The van der Waals surface area contributed by atoms with Gasteiger partial charge in [-0.3, -0.25) is 0 Å². The smallest absolute Gasteiger partial charge is 0.0450 e. The van der Waals surface area contributed by atoms with Gasteiger partial charge >= 0.3 is 0 Å². The molecular weight excluding hydrogens is 567 g/mol. The van der Waals surface area contributed by atoms with E-state index in [1.807, 2.05) is 0 Å². The first-order chi connectivity index (χ1) is 23.2. The fourth-order valence-corrected chi connectivity index (χ4v) is 7.62.